The number of aliphatic imine (C=N–C) groups is 1. The minimum Gasteiger partial charge on any atom is -0.444 e. The smallest absolute Gasteiger partial charge is 0.414 e. The Morgan fingerprint density at radius 2 is 2.24 bits per heavy atom. The van der Waals surface area contributed by atoms with Gasteiger partial charge in [-0.3, -0.25) is 9.62 Å². The normalized spacial score (nSPS) is 23.6. The predicted molar refractivity (Wildman–Crippen MR) is 99.0 cm³/mol. The van der Waals surface area contributed by atoms with Gasteiger partial charge in [0.15, 0.2) is 0 Å². The Hall–Kier alpha value is -1.63. The van der Waals surface area contributed by atoms with Crippen LogP contribution < -0.4 is 5.32 Å². The molecule has 1 aliphatic heterocycles. The molecule has 0 aliphatic carbocycles. The van der Waals surface area contributed by atoms with E-state index in [0.717, 1.165) is 0 Å². The molecule has 136 valence electrons. The number of nitrogens with zero attached hydrogens (tertiary/aromatic N) is 3. The molecular weight excluding hydrogens is 384 g/mol. The van der Waals surface area contributed by atoms with Gasteiger partial charge in [-0.1, -0.05) is 11.6 Å². The second-order valence-electron chi connectivity index (χ2n) is 6.70. The fourth-order valence-corrected chi connectivity index (χ4v) is 4.86. The van der Waals surface area contributed by atoms with Gasteiger partial charge in [0.2, 0.25) is 5.96 Å². The molecule has 1 aromatic rings. The van der Waals surface area contributed by atoms with E-state index < -0.39 is 28.2 Å². The molecule has 2 atom stereocenters. The van der Waals surface area contributed by atoms with Crippen molar-refractivity contribution in [2.24, 2.45) is 4.99 Å². The van der Waals surface area contributed by atoms with Gasteiger partial charge in [0, 0.05) is 7.05 Å². The first-order valence-corrected chi connectivity index (χ1v) is 9.84. The van der Waals surface area contributed by atoms with Gasteiger partial charge in [-0.15, -0.1) is 11.3 Å². The molecule has 2 heterocycles. The lowest BCUT2D eigenvalue weighted by molar-refractivity contribution is 0.0559. The summed E-state index contributed by atoms with van der Waals surface area (Å²) in [6, 6.07) is 3.60. The molecule has 2 rings (SSSR count). The Morgan fingerprint density at radius 1 is 1.60 bits per heavy atom. The first-order chi connectivity index (χ1) is 11.4. The fourth-order valence-electron chi connectivity index (χ4n) is 2.18. The topological polar surface area (TPSA) is 94.8 Å². The van der Waals surface area contributed by atoms with Crippen molar-refractivity contribution in [3.05, 3.63) is 20.8 Å². The maximum absolute atomic E-state index is 12.5. The van der Waals surface area contributed by atoms with Crippen molar-refractivity contribution in [1.82, 2.24) is 9.62 Å². The summed E-state index contributed by atoms with van der Waals surface area (Å²) >= 11 is 7.44. The second-order valence-corrected chi connectivity index (χ2v) is 9.64. The van der Waals surface area contributed by atoms with Crippen molar-refractivity contribution in [3.8, 4) is 6.07 Å². The SMILES string of the molecule is CN1C(NC(=O)OC(C)(C)C)=N[C@](C)(c2sc(C#N)cc2Cl)CS1=O. The maximum Gasteiger partial charge on any atom is 0.414 e. The first kappa shape index (κ1) is 19.7. The molecular formula is C15H19ClN4O3S2. The molecule has 1 N–H and O–H groups in total. The van der Waals surface area contributed by atoms with Crippen LogP contribution in [0.1, 0.15) is 37.4 Å². The highest BCUT2D eigenvalue weighted by molar-refractivity contribution is 7.83. The van der Waals surface area contributed by atoms with E-state index in [1.54, 1.807) is 40.8 Å². The second kappa shape index (κ2) is 6.94. The van der Waals surface area contributed by atoms with Crippen molar-refractivity contribution in [1.29, 1.82) is 5.26 Å². The number of carbonyl (C=O) groups is 1. The molecule has 1 unspecified atom stereocenters. The summed E-state index contributed by atoms with van der Waals surface area (Å²) in [6.45, 7) is 7.01. The average molecular weight is 403 g/mol. The quantitative estimate of drug-likeness (QED) is 0.781. The Balaban J connectivity index is 2.38. The van der Waals surface area contributed by atoms with Crippen LogP contribution in [0.3, 0.4) is 0 Å². The van der Waals surface area contributed by atoms with E-state index in [0.29, 0.717) is 14.8 Å². The van der Waals surface area contributed by atoms with E-state index in [1.807, 2.05) is 6.07 Å². The van der Waals surface area contributed by atoms with Gasteiger partial charge in [-0.25, -0.2) is 14.0 Å². The number of guanidine groups is 1. The zero-order valence-corrected chi connectivity index (χ0v) is 16.9. The Kier molecular flexibility index (Phi) is 5.47. The maximum atomic E-state index is 12.5. The van der Waals surface area contributed by atoms with Crippen molar-refractivity contribution in [2.45, 2.75) is 38.8 Å². The van der Waals surface area contributed by atoms with Crippen molar-refractivity contribution >= 4 is 46.0 Å². The lowest BCUT2D eigenvalue weighted by Crippen LogP contribution is -2.51. The number of rotatable bonds is 1. The van der Waals surface area contributed by atoms with E-state index in [4.69, 9.17) is 21.6 Å². The molecule has 25 heavy (non-hydrogen) atoms. The Morgan fingerprint density at radius 3 is 2.76 bits per heavy atom. The molecule has 1 aliphatic rings. The number of nitrogens with one attached hydrogen (secondary N) is 1. The predicted octanol–water partition coefficient (Wildman–Crippen LogP) is 2.98. The molecule has 0 bridgehead atoms. The molecule has 1 aromatic heterocycles. The van der Waals surface area contributed by atoms with Crippen LogP contribution in [0, 0.1) is 11.3 Å². The number of ether oxygens (including phenoxy) is 1. The molecule has 0 radical (unpaired) electrons. The van der Waals surface area contributed by atoms with Crippen molar-refractivity contribution in [3.63, 3.8) is 0 Å². The molecule has 10 heteroatoms. The van der Waals surface area contributed by atoms with Crippen LogP contribution in [-0.4, -0.2) is 39.0 Å². The molecule has 0 aromatic carbocycles. The van der Waals surface area contributed by atoms with Crippen LogP contribution in [-0.2, 0) is 21.3 Å². The van der Waals surface area contributed by atoms with E-state index in [2.05, 4.69) is 10.3 Å². The number of halogens is 1. The number of hydrogen-bond acceptors (Lipinski definition) is 6. The lowest BCUT2D eigenvalue weighted by Gasteiger charge is -2.34. The standard InChI is InChI=1S/C15H19ClN4O3S2/c1-14(2,3)23-13(21)18-12-19-15(4,8-25(22)20(12)5)11-10(16)6-9(7-17)24-11/h6H,8H2,1-5H3,(H,18,19,21)/t15-,25?/m0/s1. The summed E-state index contributed by atoms with van der Waals surface area (Å²) in [4.78, 5) is 17.7. The number of thiophene rings is 1. The molecule has 0 saturated carbocycles. The minimum absolute atomic E-state index is 0.129. The van der Waals surface area contributed by atoms with E-state index in [1.165, 1.54) is 15.6 Å². The van der Waals surface area contributed by atoms with Crippen LogP contribution >= 0.6 is 22.9 Å². The minimum atomic E-state index is -1.43. The Labute approximate surface area is 158 Å². The third kappa shape index (κ3) is 4.51. The largest absolute Gasteiger partial charge is 0.444 e. The van der Waals surface area contributed by atoms with E-state index >= 15 is 0 Å². The zero-order chi connectivity index (χ0) is 19.0. The van der Waals surface area contributed by atoms with Crippen LogP contribution in [0.5, 0.6) is 0 Å². The number of hydrogen-bond donors (Lipinski definition) is 1. The number of alkyl carbamates (subject to hydrolysis) is 1. The van der Waals surface area contributed by atoms with Gasteiger partial charge in [0.05, 0.1) is 15.7 Å². The summed E-state index contributed by atoms with van der Waals surface area (Å²) in [5, 5.41) is 12.0. The van der Waals surface area contributed by atoms with Gasteiger partial charge >= 0.3 is 6.09 Å². The zero-order valence-electron chi connectivity index (χ0n) is 14.5. The van der Waals surface area contributed by atoms with Crippen molar-refractivity contribution < 1.29 is 13.7 Å². The highest BCUT2D eigenvalue weighted by Gasteiger charge is 2.40. The number of amides is 1. The first-order valence-electron chi connectivity index (χ1n) is 7.37. The lowest BCUT2D eigenvalue weighted by atomic mass is 10.0. The third-order valence-corrected chi connectivity index (χ3v) is 6.56. The van der Waals surface area contributed by atoms with Gasteiger partial charge in [0.1, 0.15) is 33.1 Å². The summed E-state index contributed by atoms with van der Waals surface area (Å²) in [7, 11) is 0.144. The van der Waals surface area contributed by atoms with Crippen LogP contribution in [0.25, 0.3) is 0 Å². The highest BCUT2D eigenvalue weighted by atomic mass is 35.5. The van der Waals surface area contributed by atoms with Crippen LogP contribution in [0.4, 0.5) is 4.79 Å². The highest BCUT2D eigenvalue weighted by Crippen LogP contribution is 2.40. The summed E-state index contributed by atoms with van der Waals surface area (Å²) in [5.74, 6) is 0.318. The Bertz CT molecular complexity index is 794. The summed E-state index contributed by atoms with van der Waals surface area (Å²) < 4.78 is 19.1. The fraction of sp³-hybridized carbons (Fsp3) is 0.533. The molecule has 1 amide bonds. The molecule has 0 fully saturated rings. The van der Waals surface area contributed by atoms with Gasteiger partial charge in [-0.05, 0) is 33.8 Å². The summed E-state index contributed by atoms with van der Waals surface area (Å²) in [6.07, 6.45) is -0.686. The monoisotopic (exact) mass is 402 g/mol. The molecule has 0 saturated heterocycles. The van der Waals surface area contributed by atoms with E-state index in [-0.39, 0.29) is 11.7 Å². The molecule has 7 nitrogen and oxygen atoms in total. The number of carbonyl (C=O) groups excluding carboxylic acids is 1. The van der Waals surface area contributed by atoms with Crippen LogP contribution in [0.2, 0.25) is 5.02 Å². The van der Waals surface area contributed by atoms with Crippen LogP contribution in [0.15, 0.2) is 11.1 Å². The van der Waals surface area contributed by atoms with Gasteiger partial charge in [-0.2, -0.15) is 5.26 Å². The van der Waals surface area contributed by atoms with Crippen molar-refractivity contribution in [2.75, 3.05) is 12.8 Å². The van der Waals surface area contributed by atoms with Gasteiger partial charge in [0.25, 0.3) is 0 Å². The average Bonchev–Trinajstić information content (AvgIpc) is 2.84. The summed E-state index contributed by atoms with van der Waals surface area (Å²) in [5.41, 5.74) is -1.59. The molecule has 0 spiro atoms. The van der Waals surface area contributed by atoms with E-state index in [9.17, 15) is 9.00 Å². The number of nitriles is 1. The third-order valence-electron chi connectivity index (χ3n) is 3.26. The van der Waals surface area contributed by atoms with Gasteiger partial charge < -0.3 is 4.74 Å².